The van der Waals surface area contributed by atoms with E-state index < -0.39 is 5.25 Å². The first-order valence-electron chi connectivity index (χ1n) is 8.78. The highest BCUT2D eigenvalue weighted by Gasteiger charge is 2.22. The minimum atomic E-state index is -0.450. The first-order chi connectivity index (χ1) is 13.9. The number of methoxy groups -OCH3 is 1. The molecule has 0 saturated heterocycles. The number of aromatic nitrogens is 2. The Hall–Kier alpha value is -2.22. The van der Waals surface area contributed by atoms with E-state index in [1.807, 2.05) is 31.2 Å². The van der Waals surface area contributed by atoms with Gasteiger partial charge in [-0.15, -0.1) is 10.2 Å². The number of carbonyl (C=O) groups is 1. The SMILES string of the molecule is COc1ccccc1-c1nnc(S[C@H](C)C(=O)N[C@H](C)c2ccc(Cl)cc2Cl)o1. The second-order valence-corrected chi connectivity index (χ2v) is 8.37. The summed E-state index contributed by atoms with van der Waals surface area (Å²) in [5.74, 6) is 0.789. The van der Waals surface area contributed by atoms with Crippen LogP contribution < -0.4 is 10.1 Å². The fourth-order valence-corrected chi connectivity index (χ4v) is 3.92. The Morgan fingerprint density at radius 2 is 1.93 bits per heavy atom. The van der Waals surface area contributed by atoms with Crippen LogP contribution in [-0.2, 0) is 4.79 Å². The molecule has 152 valence electrons. The van der Waals surface area contributed by atoms with Crippen LogP contribution in [0.2, 0.25) is 10.0 Å². The number of benzene rings is 2. The number of nitrogens with zero attached hydrogens (tertiary/aromatic N) is 2. The van der Waals surface area contributed by atoms with Crippen LogP contribution in [0.4, 0.5) is 0 Å². The van der Waals surface area contributed by atoms with Gasteiger partial charge in [0, 0.05) is 10.0 Å². The van der Waals surface area contributed by atoms with E-state index >= 15 is 0 Å². The van der Waals surface area contributed by atoms with Crippen molar-refractivity contribution < 1.29 is 13.9 Å². The van der Waals surface area contributed by atoms with Crippen LogP contribution >= 0.6 is 35.0 Å². The van der Waals surface area contributed by atoms with E-state index in [0.717, 1.165) is 5.56 Å². The van der Waals surface area contributed by atoms with Gasteiger partial charge in [-0.05, 0) is 43.7 Å². The zero-order valence-corrected chi connectivity index (χ0v) is 18.3. The molecule has 1 amide bonds. The second-order valence-electron chi connectivity index (χ2n) is 6.23. The molecule has 0 aliphatic heterocycles. The monoisotopic (exact) mass is 451 g/mol. The fraction of sp³-hybridized carbons (Fsp3) is 0.250. The van der Waals surface area contributed by atoms with Crippen molar-refractivity contribution in [3.63, 3.8) is 0 Å². The van der Waals surface area contributed by atoms with Gasteiger partial charge < -0.3 is 14.5 Å². The second kappa shape index (κ2) is 9.52. The van der Waals surface area contributed by atoms with E-state index in [1.165, 1.54) is 11.8 Å². The highest BCUT2D eigenvalue weighted by Crippen LogP contribution is 2.32. The minimum absolute atomic E-state index is 0.175. The summed E-state index contributed by atoms with van der Waals surface area (Å²) in [5.41, 5.74) is 1.48. The lowest BCUT2D eigenvalue weighted by Gasteiger charge is -2.18. The Kier molecular flexibility index (Phi) is 7.05. The number of halogens is 2. The minimum Gasteiger partial charge on any atom is -0.496 e. The summed E-state index contributed by atoms with van der Waals surface area (Å²) in [4.78, 5) is 12.6. The van der Waals surface area contributed by atoms with Gasteiger partial charge >= 0.3 is 0 Å². The van der Waals surface area contributed by atoms with Gasteiger partial charge in [0.1, 0.15) is 5.75 Å². The van der Waals surface area contributed by atoms with Gasteiger partial charge in [-0.2, -0.15) is 0 Å². The number of ether oxygens (including phenoxy) is 1. The third-order valence-electron chi connectivity index (χ3n) is 4.18. The summed E-state index contributed by atoms with van der Waals surface area (Å²) in [6, 6.07) is 12.3. The lowest BCUT2D eigenvalue weighted by molar-refractivity contribution is -0.120. The van der Waals surface area contributed by atoms with Gasteiger partial charge in [0.05, 0.1) is 24.0 Å². The molecule has 1 N–H and O–H groups in total. The molecular formula is C20H19Cl2N3O3S. The van der Waals surface area contributed by atoms with E-state index in [0.29, 0.717) is 32.5 Å². The van der Waals surface area contributed by atoms with E-state index in [-0.39, 0.29) is 11.9 Å². The molecule has 1 heterocycles. The lowest BCUT2D eigenvalue weighted by atomic mass is 10.1. The van der Waals surface area contributed by atoms with Crippen molar-refractivity contribution in [3.8, 4) is 17.2 Å². The lowest BCUT2D eigenvalue weighted by Crippen LogP contribution is -2.33. The maximum absolute atomic E-state index is 12.6. The topological polar surface area (TPSA) is 77.2 Å². The van der Waals surface area contributed by atoms with Crippen LogP contribution in [-0.4, -0.2) is 28.5 Å². The van der Waals surface area contributed by atoms with Crippen LogP contribution in [0.3, 0.4) is 0 Å². The van der Waals surface area contributed by atoms with Crippen LogP contribution in [0.15, 0.2) is 52.1 Å². The highest BCUT2D eigenvalue weighted by atomic mass is 35.5. The predicted octanol–water partition coefficient (Wildman–Crippen LogP) is 5.41. The molecule has 0 radical (unpaired) electrons. The third-order valence-corrected chi connectivity index (χ3v) is 5.68. The van der Waals surface area contributed by atoms with Crippen molar-refractivity contribution in [2.45, 2.75) is 30.4 Å². The molecule has 3 rings (SSSR count). The molecule has 6 nitrogen and oxygen atoms in total. The molecule has 29 heavy (non-hydrogen) atoms. The Labute approximate surface area is 182 Å². The molecule has 0 saturated carbocycles. The van der Waals surface area contributed by atoms with Crippen molar-refractivity contribution in [3.05, 3.63) is 58.1 Å². The zero-order valence-electron chi connectivity index (χ0n) is 16.0. The first kappa shape index (κ1) is 21.5. The number of carbonyl (C=O) groups excluding carboxylic acids is 1. The molecule has 3 aromatic rings. The maximum atomic E-state index is 12.6. The molecule has 0 spiro atoms. The normalized spacial score (nSPS) is 13.0. The van der Waals surface area contributed by atoms with E-state index in [4.69, 9.17) is 32.4 Å². The summed E-state index contributed by atoms with van der Waals surface area (Å²) < 4.78 is 11.0. The van der Waals surface area contributed by atoms with Crippen molar-refractivity contribution in [1.82, 2.24) is 15.5 Å². The van der Waals surface area contributed by atoms with Crippen LogP contribution in [0, 0.1) is 0 Å². The predicted molar refractivity (Wildman–Crippen MR) is 115 cm³/mol. The van der Waals surface area contributed by atoms with Crippen molar-refractivity contribution in [2.75, 3.05) is 7.11 Å². The number of rotatable bonds is 7. The van der Waals surface area contributed by atoms with Crippen molar-refractivity contribution in [2.24, 2.45) is 0 Å². The van der Waals surface area contributed by atoms with E-state index in [2.05, 4.69) is 15.5 Å². The van der Waals surface area contributed by atoms with Crippen LogP contribution in [0.25, 0.3) is 11.5 Å². The summed E-state index contributed by atoms with van der Waals surface area (Å²) in [5, 5.41) is 11.9. The number of hydrogen-bond acceptors (Lipinski definition) is 6. The zero-order chi connectivity index (χ0) is 21.0. The number of hydrogen-bond donors (Lipinski definition) is 1. The Morgan fingerprint density at radius 3 is 2.66 bits per heavy atom. The average Bonchev–Trinajstić information content (AvgIpc) is 3.15. The van der Waals surface area contributed by atoms with Gasteiger partial charge in [-0.1, -0.05) is 53.2 Å². The molecule has 0 aliphatic rings. The third kappa shape index (κ3) is 5.23. The quantitative estimate of drug-likeness (QED) is 0.483. The first-order valence-corrected chi connectivity index (χ1v) is 10.4. The highest BCUT2D eigenvalue weighted by molar-refractivity contribution is 8.00. The Morgan fingerprint density at radius 1 is 1.17 bits per heavy atom. The molecule has 0 fully saturated rings. The van der Waals surface area contributed by atoms with Gasteiger partial charge in [-0.3, -0.25) is 4.79 Å². The average molecular weight is 452 g/mol. The van der Waals surface area contributed by atoms with Gasteiger partial charge in [0.15, 0.2) is 0 Å². The molecule has 9 heteroatoms. The molecule has 0 bridgehead atoms. The van der Waals surface area contributed by atoms with Crippen molar-refractivity contribution in [1.29, 1.82) is 0 Å². The van der Waals surface area contributed by atoms with Gasteiger partial charge in [-0.25, -0.2) is 0 Å². The van der Waals surface area contributed by atoms with Crippen LogP contribution in [0.1, 0.15) is 25.5 Å². The number of para-hydroxylation sites is 1. The summed E-state index contributed by atoms with van der Waals surface area (Å²) in [6.45, 7) is 3.63. The largest absolute Gasteiger partial charge is 0.496 e. The standard InChI is InChI=1S/C20H19Cl2N3O3S/c1-11(14-9-8-13(21)10-16(14)22)23-18(26)12(2)29-20-25-24-19(28-20)15-6-4-5-7-17(15)27-3/h4-12H,1-3H3,(H,23,26)/t11-,12-/m1/s1. The Balaban J connectivity index is 1.65. The van der Waals surface area contributed by atoms with Gasteiger partial charge in [0.2, 0.25) is 5.91 Å². The molecule has 2 atom stereocenters. The van der Waals surface area contributed by atoms with E-state index in [1.54, 1.807) is 32.2 Å². The molecule has 1 aromatic heterocycles. The smallest absolute Gasteiger partial charge is 0.277 e. The maximum Gasteiger partial charge on any atom is 0.277 e. The Bertz CT molecular complexity index is 1010. The van der Waals surface area contributed by atoms with E-state index in [9.17, 15) is 4.79 Å². The van der Waals surface area contributed by atoms with Crippen LogP contribution in [0.5, 0.6) is 5.75 Å². The number of thioether (sulfide) groups is 1. The molecule has 0 unspecified atom stereocenters. The number of nitrogens with one attached hydrogen (secondary N) is 1. The summed E-state index contributed by atoms with van der Waals surface area (Å²) in [7, 11) is 1.57. The van der Waals surface area contributed by atoms with Crippen molar-refractivity contribution >= 4 is 40.9 Å². The fourth-order valence-electron chi connectivity index (χ4n) is 2.65. The molecule has 2 aromatic carbocycles. The molecule has 0 aliphatic carbocycles. The number of amides is 1. The van der Waals surface area contributed by atoms with Gasteiger partial charge in [0.25, 0.3) is 11.1 Å². The summed E-state index contributed by atoms with van der Waals surface area (Å²) >= 11 is 13.3. The summed E-state index contributed by atoms with van der Waals surface area (Å²) in [6.07, 6.45) is 0. The molecular weight excluding hydrogens is 433 g/mol.